The maximum Gasteiger partial charge on any atom is 0.376 e. The first kappa shape index (κ1) is 14.5. The van der Waals surface area contributed by atoms with Crippen molar-refractivity contribution < 1.29 is 9.53 Å². The topological polar surface area (TPSA) is 64.1 Å². The average molecular weight is 291 g/mol. The zero-order valence-electron chi connectivity index (χ0n) is 11.7. The van der Waals surface area contributed by atoms with Crippen molar-refractivity contribution in [1.82, 2.24) is 9.97 Å². The van der Waals surface area contributed by atoms with Crippen molar-refractivity contribution in [3.8, 4) is 0 Å². The number of carbonyl (C=O) groups excluding carboxylic acids is 1. The molecule has 0 aliphatic rings. The number of hydrogen-bond acceptors (Lipinski definition) is 6. The highest BCUT2D eigenvalue weighted by atomic mass is 32.1. The van der Waals surface area contributed by atoms with E-state index in [9.17, 15) is 4.79 Å². The van der Waals surface area contributed by atoms with Crippen LogP contribution >= 0.6 is 11.3 Å². The molecule has 2 rings (SSSR count). The highest BCUT2D eigenvalue weighted by Gasteiger charge is 2.21. The molecule has 0 bridgehead atoms. The van der Waals surface area contributed by atoms with Gasteiger partial charge in [0.2, 0.25) is 5.82 Å². The number of aromatic nitrogens is 2. The standard InChI is InChI=1S/C14H17N3O2S/c1-14(2,10-5-4-8-20-10)9-16-11-6-7-15-12(17-11)13(18)19-3/h4-8H,9H2,1-3H3,(H,15,16,17). The van der Waals surface area contributed by atoms with Gasteiger partial charge in [-0.2, -0.15) is 0 Å². The summed E-state index contributed by atoms with van der Waals surface area (Å²) in [5, 5.41) is 5.31. The van der Waals surface area contributed by atoms with Gasteiger partial charge in [0.15, 0.2) is 0 Å². The van der Waals surface area contributed by atoms with E-state index >= 15 is 0 Å². The van der Waals surface area contributed by atoms with Gasteiger partial charge in [-0.05, 0) is 17.5 Å². The number of hydrogen-bond donors (Lipinski definition) is 1. The lowest BCUT2D eigenvalue weighted by atomic mass is 9.91. The molecule has 1 N–H and O–H groups in total. The van der Waals surface area contributed by atoms with E-state index in [-0.39, 0.29) is 11.2 Å². The Balaban J connectivity index is 2.06. The Labute approximate surface area is 122 Å². The molecule has 0 saturated heterocycles. The van der Waals surface area contributed by atoms with Crippen molar-refractivity contribution >= 4 is 23.1 Å². The highest BCUT2D eigenvalue weighted by molar-refractivity contribution is 7.10. The third-order valence-corrected chi connectivity index (χ3v) is 4.16. The van der Waals surface area contributed by atoms with Crippen molar-refractivity contribution in [1.29, 1.82) is 0 Å². The number of nitrogens with zero attached hydrogens (tertiary/aromatic N) is 2. The Bertz CT molecular complexity index is 582. The van der Waals surface area contributed by atoms with Crippen molar-refractivity contribution in [2.75, 3.05) is 19.0 Å². The van der Waals surface area contributed by atoms with Crippen LogP contribution in [-0.2, 0) is 10.2 Å². The van der Waals surface area contributed by atoms with Crippen LogP contribution in [0.5, 0.6) is 0 Å². The largest absolute Gasteiger partial charge is 0.463 e. The van der Waals surface area contributed by atoms with E-state index in [0.717, 1.165) is 0 Å². The van der Waals surface area contributed by atoms with Gasteiger partial charge in [0.05, 0.1) is 7.11 Å². The summed E-state index contributed by atoms with van der Waals surface area (Å²) >= 11 is 1.73. The minimum absolute atomic E-state index is 0.00938. The van der Waals surface area contributed by atoms with Crippen LogP contribution in [0, 0.1) is 0 Å². The van der Waals surface area contributed by atoms with E-state index in [2.05, 4.69) is 45.3 Å². The molecule has 0 atom stereocenters. The number of esters is 1. The van der Waals surface area contributed by atoms with E-state index in [1.165, 1.54) is 12.0 Å². The second-order valence-electron chi connectivity index (χ2n) is 4.97. The molecule has 0 aromatic carbocycles. The Morgan fingerprint density at radius 1 is 1.45 bits per heavy atom. The smallest absolute Gasteiger partial charge is 0.376 e. The second-order valence-corrected chi connectivity index (χ2v) is 5.92. The van der Waals surface area contributed by atoms with Gasteiger partial charge in [-0.25, -0.2) is 14.8 Å². The molecular weight excluding hydrogens is 274 g/mol. The predicted octanol–water partition coefficient (Wildman–Crippen LogP) is 2.71. The summed E-state index contributed by atoms with van der Waals surface area (Å²) in [6.45, 7) is 5.04. The molecule has 0 unspecified atom stereocenters. The summed E-state index contributed by atoms with van der Waals surface area (Å²) in [6.07, 6.45) is 1.54. The van der Waals surface area contributed by atoms with Crippen LogP contribution in [0.25, 0.3) is 0 Å². The van der Waals surface area contributed by atoms with Crippen LogP contribution in [0.1, 0.15) is 29.3 Å². The van der Waals surface area contributed by atoms with Gasteiger partial charge in [0.1, 0.15) is 5.82 Å². The number of methoxy groups -OCH3 is 1. The lowest BCUT2D eigenvalue weighted by molar-refractivity contribution is 0.0587. The van der Waals surface area contributed by atoms with Gasteiger partial charge in [-0.1, -0.05) is 19.9 Å². The first-order valence-corrected chi connectivity index (χ1v) is 7.10. The lowest BCUT2D eigenvalue weighted by Crippen LogP contribution is -2.27. The fourth-order valence-corrected chi connectivity index (χ4v) is 2.56. The number of rotatable bonds is 5. The fraction of sp³-hybridized carbons (Fsp3) is 0.357. The van der Waals surface area contributed by atoms with Crippen LogP contribution in [0.15, 0.2) is 29.8 Å². The molecule has 0 fully saturated rings. The van der Waals surface area contributed by atoms with Crippen LogP contribution in [-0.4, -0.2) is 29.6 Å². The van der Waals surface area contributed by atoms with E-state index in [0.29, 0.717) is 12.4 Å². The molecule has 0 aliphatic heterocycles. The molecule has 0 radical (unpaired) electrons. The van der Waals surface area contributed by atoms with Gasteiger partial charge in [0, 0.05) is 23.0 Å². The number of ether oxygens (including phenoxy) is 1. The SMILES string of the molecule is COC(=O)c1nccc(NCC(C)(C)c2cccs2)n1. The average Bonchev–Trinajstić information content (AvgIpc) is 3.00. The van der Waals surface area contributed by atoms with Gasteiger partial charge in [-0.15, -0.1) is 11.3 Å². The van der Waals surface area contributed by atoms with Crippen molar-refractivity contribution in [3.63, 3.8) is 0 Å². The molecule has 0 amide bonds. The predicted molar refractivity (Wildman–Crippen MR) is 79.2 cm³/mol. The van der Waals surface area contributed by atoms with E-state index < -0.39 is 5.97 Å². The van der Waals surface area contributed by atoms with Crippen LogP contribution in [0.2, 0.25) is 0 Å². The Hall–Kier alpha value is -1.95. The molecule has 2 aromatic heterocycles. The zero-order chi connectivity index (χ0) is 14.6. The Kier molecular flexibility index (Phi) is 4.34. The molecule has 106 valence electrons. The van der Waals surface area contributed by atoms with Crippen molar-refractivity contribution in [3.05, 3.63) is 40.5 Å². The normalized spacial score (nSPS) is 11.2. The van der Waals surface area contributed by atoms with Crippen molar-refractivity contribution in [2.24, 2.45) is 0 Å². The molecular formula is C14H17N3O2S. The van der Waals surface area contributed by atoms with Gasteiger partial charge in [0.25, 0.3) is 0 Å². The summed E-state index contributed by atoms with van der Waals surface area (Å²) in [6, 6.07) is 5.89. The van der Waals surface area contributed by atoms with E-state index in [1.54, 1.807) is 23.6 Å². The molecule has 20 heavy (non-hydrogen) atoms. The molecule has 0 saturated carbocycles. The maximum atomic E-state index is 11.4. The molecule has 2 heterocycles. The van der Waals surface area contributed by atoms with Gasteiger partial charge < -0.3 is 10.1 Å². The minimum Gasteiger partial charge on any atom is -0.463 e. The third kappa shape index (κ3) is 3.33. The summed E-state index contributed by atoms with van der Waals surface area (Å²) in [5.74, 6) is 0.141. The molecule has 5 nitrogen and oxygen atoms in total. The Morgan fingerprint density at radius 3 is 2.90 bits per heavy atom. The number of nitrogens with one attached hydrogen (secondary N) is 1. The van der Waals surface area contributed by atoms with Crippen LogP contribution in [0.4, 0.5) is 5.82 Å². The highest BCUT2D eigenvalue weighted by Crippen LogP contribution is 2.27. The first-order valence-electron chi connectivity index (χ1n) is 6.22. The van der Waals surface area contributed by atoms with Crippen LogP contribution < -0.4 is 5.32 Å². The minimum atomic E-state index is -0.536. The monoisotopic (exact) mass is 291 g/mol. The second kappa shape index (κ2) is 6.00. The number of anilines is 1. The first-order chi connectivity index (χ1) is 9.53. The summed E-state index contributed by atoms with van der Waals surface area (Å²) < 4.78 is 4.61. The third-order valence-electron chi connectivity index (χ3n) is 2.92. The number of carbonyl (C=O) groups is 1. The molecule has 6 heteroatoms. The zero-order valence-corrected chi connectivity index (χ0v) is 12.5. The lowest BCUT2D eigenvalue weighted by Gasteiger charge is -2.23. The maximum absolute atomic E-state index is 11.4. The van der Waals surface area contributed by atoms with Gasteiger partial charge in [-0.3, -0.25) is 0 Å². The molecule has 0 spiro atoms. The summed E-state index contributed by atoms with van der Waals surface area (Å²) in [7, 11) is 1.31. The van der Waals surface area contributed by atoms with Crippen molar-refractivity contribution in [2.45, 2.75) is 19.3 Å². The Morgan fingerprint density at radius 2 is 2.25 bits per heavy atom. The summed E-state index contributed by atoms with van der Waals surface area (Å²) in [5.41, 5.74) is -0.00938. The van der Waals surface area contributed by atoms with E-state index in [4.69, 9.17) is 0 Å². The molecule has 0 aliphatic carbocycles. The fourth-order valence-electron chi connectivity index (χ4n) is 1.71. The van der Waals surface area contributed by atoms with Crippen LogP contribution in [0.3, 0.4) is 0 Å². The quantitative estimate of drug-likeness (QED) is 0.858. The molecule has 2 aromatic rings. The van der Waals surface area contributed by atoms with E-state index in [1.807, 2.05) is 6.07 Å². The number of thiophene rings is 1. The van der Waals surface area contributed by atoms with Gasteiger partial charge >= 0.3 is 5.97 Å². The summed E-state index contributed by atoms with van der Waals surface area (Å²) in [4.78, 5) is 20.7.